The van der Waals surface area contributed by atoms with Crippen LogP contribution in [0.25, 0.3) is 0 Å². The summed E-state index contributed by atoms with van der Waals surface area (Å²) in [6.07, 6.45) is 8.03. The third-order valence-corrected chi connectivity index (χ3v) is 5.44. The van der Waals surface area contributed by atoms with Crippen LogP contribution < -0.4 is 11.1 Å². The zero-order chi connectivity index (χ0) is 15.3. The van der Waals surface area contributed by atoms with Gasteiger partial charge in [0.1, 0.15) is 5.82 Å². The number of aliphatic imine (C=N–C) groups is 1. The smallest absolute Gasteiger partial charge is 0.194 e. The van der Waals surface area contributed by atoms with E-state index in [-0.39, 0.29) is 5.41 Å². The number of hydrogen-bond donors (Lipinski definition) is 2. The van der Waals surface area contributed by atoms with Crippen molar-refractivity contribution in [3.8, 4) is 0 Å². The number of aromatic nitrogens is 1. The molecule has 2 aromatic rings. The van der Waals surface area contributed by atoms with E-state index in [0.717, 1.165) is 12.4 Å². The quantitative estimate of drug-likeness (QED) is 0.667. The van der Waals surface area contributed by atoms with Crippen LogP contribution in [-0.4, -0.2) is 17.5 Å². The number of nitrogens with one attached hydrogen (secondary N) is 1. The van der Waals surface area contributed by atoms with Crippen LogP contribution in [0.3, 0.4) is 0 Å². The lowest BCUT2D eigenvalue weighted by Gasteiger charge is -2.35. The first-order valence-corrected chi connectivity index (χ1v) is 8.68. The summed E-state index contributed by atoms with van der Waals surface area (Å²) in [4.78, 5) is 10.3. The van der Waals surface area contributed by atoms with E-state index in [1.54, 1.807) is 6.20 Å². The highest BCUT2D eigenvalue weighted by atomic mass is 32.1. The van der Waals surface area contributed by atoms with Gasteiger partial charge in [-0.25, -0.2) is 4.98 Å². The van der Waals surface area contributed by atoms with Gasteiger partial charge in [-0.15, -0.1) is 11.3 Å². The molecular weight excluding hydrogens is 292 g/mol. The number of nitrogens with two attached hydrogens (primary N) is 1. The molecule has 3 rings (SSSR count). The van der Waals surface area contributed by atoms with Gasteiger partial charge in [-0.2, -0.15) is 0 Å². The molecule has 1 fully saturated rings. The number of anilines is 1. The average Bonchev–Trinajstić information content (AvgIpc) is 3.10. The largest absolute Gasteiger partial charge is 0.370 e. The van der Waals surface area contributed by atoms with Crippen molar-refractivity contribution in [1.82, 2.24) is 4.98 Å². The van der Waals surface area contributed by atoms with Crippen molar-refractivity contribution in [3.63, 3.8) is 0 Å². The van der Waals surface area contributed by atoms with Crippen molar-refractivity contribution in [3.05, 3.63) is 46.8 Å². The van der Waals surface area contributed by atoms with Crippen LogP contribution in [0.2, 0.25) is 0 Å². The molecule has 116 valence electrons. The molecular formula is C17H22N4S. The van der Waals surface area contributed by atoms with Crippen molar-refractivity contribution in [2.75, 3.05) is 11.9 Å². The second kappa shape index (κ2) is 6.92. The lowest BCUT2D eigenvalue weighted by atomic mass is 9.73. The van der Waals surface area contributed by atoms with E-state index in [0.29, 0.717) is 5.96 Å². The molecule has 0 unspecified atom stereocenters. The number of guanidine groups is 1. The SMILES string of the molecule is NC(=NCC1(c2cccs2)CCCCC1)Nc1ccccn1. The summed E-state index contributed by atoms with van der Waals surface area (Å²) < 4.78 is 0. The molecule has 22 heavy (non-hydrogen) atoms. The molecule has 0 spiro atoms. The van der Waals surface area contributed by atoms with Gasteiger partial charge in [-0.05, 0) is 36.4 Å². The van der Waals surface area contributed by atoms with E-state index in [2.05, 4.69) is 32.8 Å². The van der Waals surface area contributed by atoms with E-state index in [1.807, 2.05) is 29.5 Å². The molecule has 3 N–H and O–H groups in total. The Morgan fingerprint density at radius 3 is 2.77 bits per heavy atom. The van der Waals surface area contributed by atoms with Crippen molar-refractivity contribution < 1.29 is 0 Å². The Balaban J connectivity index is 1.72. The van der Waals surface area contributed by atoms with E-state index in [1.165, 1.54) is 37.0 Å². The predicted molar refractivity (Wildman–Crippen MR) is 93.4 cm³/mol. The number of nitrogens with zero attached hydrogens (tertiary/aromatic N) is 2. The van der Waals surface area contributed by atoms with E-state index >= 15 is 0 Å². The van der Waals surface area contributed by atoms with Gasteiger partial charge in [-0.1, -0.05) is 31.4 Å². The van der Waals surface area contributed by atoms with Crippen molar-refractivity contribution in [1.29, 1.82) is 0 Å². The van der Waals surface area contributed by atoms with Crippen LogP contribution in [0.4, 0.5) is 5.82 Å². The highest BCUT2D eigenvalue weighted by molar-refractivity contribution is 7.10. The second-order valence-electron chi connectivity index (χ2n) is 5.86. The minimum Gasteiger partial charge on any atom is -0.370 e. The Bertz CT molecular complexity index is 601. The van der Waals surface area contributed by atoms with Crippen molar-refractivity contribution in [2.24, 2.45) is 10.7 Å². The molecule has 2 heterocycles. The third-order valence-electron chi connectivity index (χ3n) is 4.33. The van der Waals surface area contributed by atoms with E-state index < -0.39 is 0 Å². The van der Waals surface area contributed by atoms with Gasteiger partial charge < -0.3 is 11.1 Å². The standard InChI is InChI=1S/C17H22N4S/c18-16(21-15-8-2-5-11-19-15)20-13-17(9-3-1-4-10-17)14-7-6-12-22-14/h2,5-8,11-12H,1,3-4,9-10,13H2,(H3,18,19,20,21). The highest BCUT2D eigenvalue weighted by Gasteiger charge is 2.34. The van der Waals surface area contributed by atoms with Crippen LogP contribution in [-0.2, 0) is 5.41 Å². The highest BCUT2D eigenvalue weighted by Crippen LogP contribution is 2.41. The van der Waals surface area contributed by atoms with Gasteiger partial charge in [0, 0.05) is 16.5 Å². The summed E-state index contributed by atoms with van der Waals surface area (Å²) >= 11 is 1.84. The molecule has 1 saturated carbocycles. The molecule has 4 nitrogen and oxygen atoms in total. The van der Waals surface area contributed by atoms with Gasteiger partial charge in [0.15, 0.2) is 5.96 Å². The van der Waals surface area contributed by atoms with E-state index in [4.69, 9.17) is 5.73 Å². The Morgan fingerprint density at radius 2 is 2.09 bits per heavy atom. The Morgan fingerprint density at radius 1 is 1.23 bits per heavy atom. The molecule has 2 aromatic heterocycles. The molecule has 0 amide bonds. The molecule has 0 aliphatic heterocycles. The fourth-order valence-electron chi connectivity index (χ4n) is 3.14. The van der Waals surface area contributed by atoms with Crippen LogP contribution >= 0.6 is 11.3 Å². The topological polar surface area (TPSA) is 63.3 Å². The van der Waals surface area contributed by atoms with Crippen LogP contribution in [0, 0.1) is 0 Å². The first-order chi connectivity index (χ1) is 10.8. The van der Waals surface area contributed by atoms with Gasteiger partial charge in [0.2, 0.25) is 0 Å². The van der Waals surface area contributed by atoms with Crippen LogP contribution in [0.1, 0.15) is 37.0 Å². The fourth-order valence-corrected chi connectivity index (χ4v) is 4.11. The summed E-state index contributed by atoms with van der Waals surface area (Å²) in [6, 6.07) is 10.1. The lowest BCUT2D eigenvalue weighted by molar-refractivity contribution is 0.307. The van der Waals surface area contributed by atoms with Gasteiger partial charge in [0.05, 0.1) is 6.54 Å². The molecule has 0 atom stereocenters. The van der Waals surface area contributed by atoms with Crippen molar-refractivity contribution in [2.45, 2.75) is 37.5 Å². The fraction of sp³-hybridized carbons (Fsp3) is 0.412. The lowest BCUT2D eigenvalue weighted by Crippen LogP contribution is -2.33. The molecule has 5 heteroatoms. The molecule has 0 aromatic carbocycles. The summed E-state index contributed by atoms with van der Waals surface area (Å²) in [5.74, 6) is 1.18. The normalized spacial score (nSPS) is 18.1. The molecule has 1 aliphatic carbocycles. The zero-order valence-corrected chi connectivity index (χ0v) is 13.5. The average molecular weight is 314 g/mol. The molecule has 0 saturated heterocycles. The summed E-state index contributed by atoms with van der Waals surface area (Å²) in [7, 11) is 0. The zero-order valence-electron chi connectivity index (χ0n) is 12.7. The summed E-state index contributed by atoms with van der Waals surface area (Å²) in [5, 5.41) is 5.22. The van der Waals surface area contributed by atoms with E-state index in [9.17, 15) is 0 Å². The van der Waals surface area contributed by atoms with Gasteiger partial charge >= 0.3 is 0 Å². The number of rotatable bonds is 4. The maximum absolute atomic E-state index is 6.04. The summed E-state index contributed by atoms with van der Waals surface area (Å²) in [6.45, 7) is 0.749. The summed E-state index contributed by atoms with van der Waals surface area (Å²) in [5.41, 5.74) is 6.21. The Kier molecular flexibility index (Phi) is 4.73. The van der Waals surface area contributed by atoms with Crippen LogP contribution in [0.5, 0.6) is 0 Å². The first-order valence-electron chi connectivity index (χ1n) is 7.80. The Labute approximate surface area is 135 Å². The first kappa shape index (κ1) is 15.0. The van der Waals surface area contributed by atoms with Gasteiger partial charge in [0.25, 0.3) is 0 Å². The molecule has 1 aliphatic rings. The second-order valence-corrected chi connectivity index (χ2v) is 6.81. The minimum absolute atomic E-state index is 0.169. The Hall–Kier alpha value is -1.88. The van der Waals surface area contributed by atoms with Crippen molar-refractivity contribution >= 4 is 23.1 Å². The van der Waals surface area contributed by atoms with Gasteiger partial charge in [-0.3, -0.25) is 4.99 Å². The minimum atomic E-state index is 0.169. The number of hydrogen-bond acceptors (Lipinski definition) is 3. The molecule has 0 bridgehead atoms. The molecule has 0 radical (unpaired) electrons. The maximum atomic E-state index is 6.04. The number of pyridine rings is 1. The third kappa shape index (κ3) is 3.47. The monoisotopic (exact) mass is 314 g/mol. The van der Waals surface area contributed by atoms with Crippen LogP contribution in [0.15, 0.2) is 46.9 Å². The maximum Gasteiger partial charge on any atom is 0.194 e. The number of thiophene rings is 1. The predicted octanol–water partition coefficient (Wildman–Crippen LogP) is 3.77.